The van der Waals surface area contributed by atoms with E-state index in [0.717, 1.165) is 47.9 Å². The maximum atomic E-state index is 16.2. The molecule has 1 saturated carbocycles. The van der Waals surface area contributed by atoms with Crippen molar-refractivity contribution >= 4 is 5.97 Å². The molecule has 3 heterocycles. The second-order valence-corrected chi connectivity index (χ2v) is 12.7. The summed E-state index contributed by atoms with van der Waals surface area (Å²) in [6, 6.07) is 12.1. The molecule has 8 heteroatoms. The zero-order valence-corrected chi connectivity index (χ0v) is 25.3. The summed E-state index contributed by atoms with van der Waals surface area (Å²) in [5.41, 5.74) is 4.32. The van der Waals surface area contributed by atoms with E-state index in [0.29, 0.717) is 48.5 Å². The lowest BCUT2D eigenvalue weighted by Gasteiger charge is -2.31. The number of benzene rings is 2. The Kier molecular flexibility index (Phi) is 8.16. The van der Waals surface area contributed by atoms with Gasteiger partial charge < -0.3 is 14.6 Å². The Morgan fingerprint density at radius 3 is 2.49 bits per heavy atom. The Balaban J connectivity index is 1.36. The van der Waals surface area contributed by atoms with Crippen LogP contribution in [0, 0.1) is 23.5 Å². The summed E-state index contributed by atoms with van der Waals surface area (Å²) in [6.45, 7) is 6.77. The molecule has 0 spiro atoms. The number of hydrogen-bond acceptors (Lipinski definition) is 5. The molecule has 2 aliphatic heterocycles. The number of hydrogen-bond donors (Lipinski definition) is 1. The third-order valence-electron chi connectivity index (χ3n) is 9.88. The van der Waals surface area contributed by atoms with Crippen molar-refractivity contribution in [2.45, 2.75) is 89.9 Å². The number of methoxy groups -OCH3 is 1. The molecule has 2 aromatic carbocycles. The van der Waals surface area contributed by atoms with E-state index in [1.807, 2.05) is 18.2 Å². The topological polar surface area (TPSA) is 71.9 Å². The number of rotatable bonds is 9. The number of halogens is 2. The van der Waals surface area contributed by atoms with Gasteiger partial charge in [-0.2, -0.15) is 0 Å². The Morgan fingerprint density at radius 1 is 1.07 bits per heavy atom. The number of carbonyl (C=O) groups is 1. The lowest BCUT2D eigenvalue weighted by Crippen LogP contribution is -2.32. The Morgan fingerprint density at radius 2 is 1.81 bits per heavy atom. The number of carboxylic acid groups (broad SMARTS) is 1. The van der Waals surface area contributed by atoms with Gasteiger partial charge in [-0.3, -0.25) is 9.69 Å². The van der Waals surface area contributed by atoms with Crippen molar-refractivity contribution in [3.63, 3.8) is 0 Å². The Hall–Kier alpha value is -3.52. The minimum atomic E-state index is -0.912. The summed E-state index contributed by atoms with van der Waals surface area (Å²) < 4.78 is 43.0. The molecule has 0 radical (unpaired) electrons. The predicted molar refractivity (Wildman–Crippen MR) is 160 cm³/mol. The van der Waals surface area contributed by atoms with E-state index in [-0.39, 0.29) is 23.7 Å². The first-order chi connectivity index (χ1) is 20.7. The summed E-state index contributed by atoms with van der Waals surface area (Å²) in [7, 11) is 1.51. The zero-order chi connectivity index (χ0) is 30.4. The van der Waals surface area contributed by atoms with E-state index < -0.39 is 23.5 Å². The number of carboxylic acids is 1. The molecule has 3 aliphatic rings. The van der Waals surface area contributed by atoms with Gasteiger partial charge in [0.2, 0.25) is 5.88 Å². The highest BCUT2D eigenvalue weighted by atomic mass is 19.1. The fourth-order valence-corrected chi connectivity index (χ4v) is 7.16. The second-order valence-electron chi connectivity index (χ2n) is 12.7. The van der Waals surface area contributed by atoms with Crippen molar-refractivity contribution in [1.82, 2.24) is 9.88 Å². The van der Waals surface area contributed by atoms with Crippen LogP contribution in [-0.4, -0.2) is 40.2 Å². The van der Waals surface area contributed by atoms with E-state index in [4.69, 9.17) is 9.47 Å². The molecule has 43 heavy (non-hydrogen) atoms. The van der Waals surface area contributed by atoms with Gasteiger partial charge in [0.05, 0.1) is 19.2 Å². The number of nitrogens with zero attached hydrogens (tertiary/aromatic N) is 2. The van der Waals surface area contributed by atoms with Gasteiger partial charge in [-0.25, -0.2) is 13.8 Å². The van der Waals surface area contributed by atoms with Crippen molar-refractivity contribution in [1.29, 1.82) is 0 Å². The van der Waals surface area contributed by atoms with Crippen LogP contribution in [0.25, 0.3) is 11.1 Å². The smallest absolute Gasteiger partial charge is 0.306 e. The van der Waals surface area contributed by atoms with E-state index in [9.17, 15) is 9.90 Å². The van der Waals surface area contributed by atoms with Gasteiger partial charge >= 0.3 is 5.97 Å². The van der Waals surface area contributed by atoms with E-state index in [1.54, 1.807) is 19.1 Å². The Bertz CT molecular complexity index is 1510. The van der Waals surface area contributed by atoms with Crippen molar-refractivity contribution in [2.24, 2.45) is 11.8 Å². The van der Waals surface area contributed by atoms with Gasteiger partial charge in [0.25, 0.3) is 0 Å². The molecule has 3 aromatic rings. The first kappa shape index (κ1) is 29.5. The fourth-order valence-electron chi connectivity index (χ4n) is 7.16. The molecular formula is C35H40F2N2O4. The number of aromatic nitrogens is 1. The monoisotopic (exact) mass is 590 g/mol. The van der Waals surface area contributed by atoms with Crippen molar-refractivity contribution < 1.29 is 28.2 Å². The largest absolute Gasteiger partial charge is 0.482 e. The lowest BCUT2D eigenvalue weighted by atomic mass is 9.82. The quantitative estimate of drug-likeness (QED) is 0.276. The third kappa shape index (κ3) is 5.74. The average Bonchev–Trinajstić information content (AvgIpc) is 3.80. The van der Waals surface area contributed by atoms with Crippen LogP contribution < -0.4 is 9.47 Å². The number of ether oxygens (including phenoxy) is 2. The highest BCUT2D eigenvalue weighted by Crippen LogP contribution is 2.50. The average molecular weight is 591 g/mol. The highest BCUT2D eigenvalue weighted by Gasteiger charge is 2.41. The zero-order valence-electron chi connectivity index (χ0n) is 25.3. The second kappa shape index (κ2) is 11.9. The SMILES string of the molecule is COc1cc(-c2ccc(C3CCc4ccc([C@H](C5CC5)[C@H](C)C(=O)O)c(F)c4O3)cc2CN2[C@H](C)CC[C@H]2C)c(F)cn1. The van der Waals surface area contributed by atoms with Gasteiger partial charge in [0, 0.05) is 36.2 Å². The maximum Gasteiger partial charge on any atom is 0.306 e. The van der Waals surface area contributed by atoms with Crippen molar-refractivity contribution in [3.8, 4) is 22.8 Å². The molecule has 0 bridgehead atoms. The van der Waals surface area contributed by atoms with E-state index >= 15 is 8.78 Å². The summed E-state index contributed by atoms with van der Waals surface area (Å²) in [4.78, 5) is 18.3. The first-order valence-electron chi connectivity index (χ1n) is 15.5. The van der Waals surface area contributed by atoms with Gasteiger partial charge in [0.15, 0.2) is 11.6 Å². The Labute approximate surface area is 252 Å². The van der Waals surface area contributed by atoms with Crippen LogP contribution in [0.3, 0.4) is 0 Å². The molecule has 228 valence electrons. The lowest BCUT2D eigenvalue weighted by molar-refractivity contribution is -0.142. The van der Waals surface area contributed by atoms with E-state index in [2.05, 4.69) is 29.8 Å². The van der Waals surface area contributed by atoms with Crippen LogP contribution in [-0.2, 0) is 17.8 Å². The van der Waals surface area contributed by atoms with Gasteiger partial charge in [-0.05, 0) is 86.1 Å². The molecule has 2 fully saturated rings. The van der Waals surface area contributed by atoms with Gasteiger partial charge in [0.1, 0.15) is 11.9 Å². The molecule has 6 nitrogen and oxygen atoms in total. The van der Waals surface area contributed by atoms with Crippen LogP contribution >= 0.6 is 0 Å². The minimum Gasteiger partial charge on any atom is -0.482 e. The molecular weight excluding hydrogens is 550 g/mol. The number of likely N-dealkylation sites (tertiary alicyclic amines) is 1. The number of pyridine rings is 1. The van der Waals surface area contributed by atoms with Gasteiger partial charge in [-0.15, -0.1) is 0 Å². The van der Waals surface area contributed by atoms with Crippen molar-refractivity contribution in [3.05, 3.63) is 76.5 Å². The minimum absolute atomic E-state index is 0.177. The van der Waals surface area contributed by atoms with Crippen LogP contribution in [0.4, 0.5) is 8.78 Å². The molecule has 0 amide bonds. The molecule has 1 aromatic heterocycles. The van der Waals surface area contributed by atoms with Crippen molar-refractivity contribution in [2.75, 3.05) is 7.11 Å². The highest BCUT2D eigenvalue weighted by molar-refractivity contribution is 5.71. The first-order valence-corrected chi connectivity index (χ1v) is 15.5. The normalized spacial score (nSPS) is 23.3. The molecule has 6 rings (SSSR count). The van der Waals surface area contributed by atoms with Crippen LogP contribution in [0.1, 0.15) is 87.2 Å². The van der Waals surface area contributed by atoms with Crippen LogP contribution in [0.5, 0.6) is 11.6 Å². The number of aliphatic carboxylic acids is 1. The molecule has 5 atom stereocenters. The third-order valence-corrected chi connectivity index (χ3v) is 9.88. The molecule has 1 unspecified atom stereocenters. The number of fused-ring (bicyclic) bond motifs is 1. The predicted octanol–water partition coefficient (Wildman–Crippen LogP) is 7.69. The summed E-state index contributed by atoms with van der Waals surface area (Å²) in [5.74, 6) is -2.08. The standard InChI is InChI=1S/C35H40F2N2O4/c1-19-5-6-20(2)39(19)18-25-15-24(10-12-26(25)28-16-31(42-4)38-17-29(28)36)30-14-11-23-9-13-27(33(37)34(23)43-30)32(22-7-8-22)21(3)35(40)41/h9-10,12-13,15-17,19-22,30,32H,5-8,11,14,18H2,1-4H3,(H,40,41)/t19-,20-,21+,30?,32+/m1/s1. The molecule has 1 N–H and O–H groups in total. The van der Waals surface area contributed by atoms with Crippen LogP contribution in [0.2, 0.25) is 0 Å². The van der Waals surface area contributed by atoms with Crippen LogP contribution in [0.15, 0.2) is 42.6 Å². The van der Waals surface area contributed by atoms with Gasteiger partial charge in [-0.1, -0.05) is 37.3 Å². The number of aryl methyl sites for hydroxylation is 1. The molecule has 1 aliphatic carbocycles. The summed E-state index contributed by atoms with van der Waals surface area (Å²) in [5, 5.41) is 9.73. The fraction of sp³-hybridized carbons (Fsp3) is 0.486. The van der Waals surface area contributed by atoms with E-state index in [1.165, 1.54) is 13.3 Å². The maximum absolute atomic E-state index is 16.2. The summed E-state index contributed by atoms with van der Waals surface area (Å²) >= 11 is 0. The molecule has 1 saturated heterocycles. The summed E-state index contributed by atoms with van der Waals surface area (Å²) in [6.07, 6.45) is 6.18.